The Bertz CT molecular complexity index is 566. The third-order valence-corrected chi connectivity index (χ3v) is 3.95. The van der Waals surface area contributed by atoms with Crippen molar-refractivity contribution >= 4 is 29.1 Å². The third-order valence-electron chi connectivity index (χ3n) is 2.99. The first-order valence-electron chi connectivity index (χ1n) is 6.59. The molecule has 1 aromatic rings. The van der Waals surface area contributed by atoms with Gasteiger partial charge in [0.25, 0.3) is 11.8 Å². The summed E-state index contributed by atoms with van der Waals surface area (Å²) in [5, 5.41) is 0. The smallest absolute Gasteiger partial charge is 0.267 e. The van der Waals surface area contributed by atoms with Gasteiger partial charge < -0.3 is 0 Å². The molecule has 2 amide bonds. The van der Waals surface area contributed by atoms with E-state index in [1.165, 1.54) is 28.8 Å². The number of benzene rings is 1. The molecule has 0 saturated carbocycles. The topological polar surface area (TPSA) is 37.4 Å². The van der Waals surface area contributed by atoms with Crippen molar-refractivity contribution in [2.45, 2.75) is 20.3 Å². The van der Waals surface area contributed by atoms with Crippen LogP contribution in [0.5, 0.6) is 0 Å². The van der Waals surface area contributed by atoms with Crippen molar-refractivity contribution in [2.75, 3.05) is 12.3 Å². The van der Waals surface area contributed by atoms with Crippen LogP contribution in [0.1, 0.15) is 25.8 Å². The van der Waals surface area contributed by atoms with E-state index in [-0.39, 0.29) is 17.6 Å². The summed E-state index contributed by atoms with van der Waals surface area (Å²) in [6, 6.07) is 5.69. The fraction of sp³-hybridized carbons (Fsp3) is 0.333. The number of imide groups is 1. The molecule has 1 heterocycles. The van der Waals surface area contributed by atoms with Crippen molar-refractivity contribution in [1.82, 2.24) is 4.90 Å². The van der Waals surface area contributed by atoms with E-state index >= 15 is 0 Å². The quantitative estimate of drug-likeness (QED) is 0.783. The highest BCUT2D eigenvalue weighted by Crippen LogP contribution is 2.35. The predicted octanol–water partition coefficient (Wildman–Crippen LogP) is 3.07. The molecule has 0 atom stereocenters. The van der Waals surface area contributed by atoms with Crippen LogP contribution < -0.4 is 0 Å². The second-order valence-electron chi connectivity index (χ2n) is 4.41. The first-order valence-corrected chi connectivity index (χ1v) is 7.57. The van der Waals surface area contributed by atoms with Gasteiger partial charge in [-0.05, 0) is 29.9 Å². The molecule has 0 saturated heterocycles. The van der Waals surface area contributed by atoms with E-state index in [2.05, 4.69) is 0 Å². The van der Waals surface area contributed by atoms with Gasteiger partial charge in [0.2, 0.25) is 0 Å². The van der Waals surface area contributed by atoms with Crippen LogP contribution >= 0.6 is 11.8 Å². The fourth-order valence-corrected chi connectivity index (χ4v) is 3.00. The van der Waals surface area contributed by atoms with Gasteiger partial charge in [0.15, 0.2) is 0 Å². The number of nitrogens with zero attached hydrogens (tertiary/aromatic N) is 1. The Hall–Kier alpha value is -1.62. The minimum atomic E-state index is -0.360. The number of hydrogen-bond donors (Lipinski definition) is 0. The maximum Gasteiger partial charge on any atom is 0.267 e. The molecule has 0 unspecified atom stereocenters. The molecule has 5 heteroatoms. The van der Waals surface area contributed by atoms with Crippen molar-refractivity contribution in [3.8, 4) is 0 Å². The Morgan fingerprint density at radius 3 is 2.30 bits per heavy atom. The van der Waals surface area contributed by atoms with Crippen LogP contribution in [0.3, 0.4) is 0 Å². The number of carbonyl (C=O) groups excluding carboxylic acids is 2. The monoisotopic (exact) mass is 293 g/mol. The third kappa shape index (κ3) is 2.63. The summed E-state index contributed by atoms with van der Waals surface area (Å²) in [4.78, 5) is 26.5. The molecule has 106 valence electrons. The summed E-state index contributed by atoms with van der Waals surface area (Å²) in [6.07, 6.45) is 0.720. The molecule has 0 fully saturated rings. The Kier molecular flexibility index (Phi) is 4.60. The molecule has 0 aliphatic carbocycles. The van der Waals surface area contributed by atoms with Gasteiger partial charge in [-0.25, -0.2) is 4.39 Å². The van der Waals surface area contributed by atoms with Crippen LogP contribution in [-0.2, 0) is 9.59 Å². The lowest BCUT2D eigenvalue weighted by molar-refractivity contribution is -0.136. The first kappa shape index (κ1) is 14.8. The lowest BCUT2D eigenvalue weighted by atomic mass is 10.1. The molecule has 0 aromatic heterocycles. The number of thioether (sulfide) groups is 1. The molecule has 1 aromatic carbocycles. The zero-order valence-electron chi connectivity index (χ0n) is 11.5. The summed E-state index contributed by atoms with van der Waals surface area (Å²) in [6.45, 7) is 4.26. The maximum atomic E-state index is 13.0. The van der Waals surface area contributed by atoms with E-state index in [9.17, 15) is 14.0 Å². The van der Waals surface area contributed by atoms with E-state index in [1.807, 2.05) is 13.8 Å². The standard InChI is InChI=1S/C15H16FNO2S/c1-3-9-17-14(18)12(13(15(17)19)20-4-2)10-5-7-11(16)8-6-10/h5-8H,3-4,9H2,1-2H3. The molecule has 0 N–H and O–H groups in total. The van der Waals surface area contributed by atoms with Crippen LogP contribution in [0.2, 0.25) is 0 Å². The van der Waals surface area contributed by atoms with Crippen LogP contribution in [0.4, 0.5) is 4.39 Å². The number of halogens is 1. The minimum absolute atomic E-state index is 0.233. The molecule has 0 spiro atoms. The van der Waals surface area contributed by atoms with E-state index < -0.39 is 0 Å². The summed E-state index contributed by atoms with van der Waals surface area (Å²) < 4.78 is 13.0. The average Bonchev–Trinajstić information content (AvgIpc) is 2.66. The van der Waals surface area contributed by atoms with Crippen molar-refractivity contribution in [3.63, 3.8) is 0 Å². The number of hydrogen-bond acceptors (Lipinski definition) is 3. The van der Waals surface area contributed by atoms with E-state index in [1.54, 1.807) is 12.1 Å². The predicted molar refractivity (Wildman–Crippen MR) is 78.5 cm³/mol. The van der Waals surface area contributed by atoms with Crippen molar-refractivity contribution < 1.29 is 14.0 Å². The van der Waals surface area contributed by atoms with Gasteiger partial charge in [0, 0.05) is 6.54 Å². The molecule has 0 bridgehead atoms. The molecule has 1 aliphatic rings. The SMILES string of the molecule is CCCN1C(=O)C(SCC)=C(c2ccc(F)cc2)C1=O. The van der Waals surface area contributed by atoms with Crippen LogP contribution in [0.25, 0.3) is 5.57 Å². The van der Waals surface area contributed by atoms with Gasteiger partial charge in [-0.2, -0.15) is 0 Å². The fourth-order valence-electron chi connectivity index (χ4n) is 2.13. The lowest BCUT2D eigenvalue weighted by Crippen LogP contribution is -2.32. The number of rotatable bonds is 5. The summed E-state index contributed by atoms with van der Waals surface area (Å²) >= 11 is 1.36. The molecule has 0 radical (unpaired) electrons. The Morgan fingerprint density at radius 2 is 1.75 bits per heavy atom. The second-order valence-corrected chi connectivity index (χ2v) is 5.68. The van der Waals surface area contributed by atoms with E-state index in [0.29, 0.717) is 28.3 Å². The Morgan fingerprint density at radius 1 is 1.10 bits per heavy atom. The molecule has 1 aliphatic heterocycles. The van der Waals surface area contributed by atoms with Crippen LogP contribution in [0.15, 0.2) is 29.2 Å². The van der Waals surface area contributed by atoms with Crippen LogP contribution in [-0.4, -0.2) is 29.0 Å². The van der Waals surface area contributed by atoms with Crippen LogP contribution in [0, 0.1) is 5.82 Å². The van der Waals surface area contributed by atoms with E-state index in [0.717, 1.165) is 6.42 Å². The molecule has 2 rings (SSSR count). The highest BCUT2D eigenvalue weighted by Gasteiger charge is 2.38. The van der Waals surface area contributed by atoms with Gasteiger partial charge in [-0.1, -0.05) is 26.0 Å². The highest BCUT2D eigenvalue weighted by molar-refractivity contribution is 8.04. The zero-order chi connectivity index (χ0) is 14.7. The van der Waals surface area contributed by atoms with Gasteiger partial charge >= 0.3 is 0 Å². The first-order chi connectivity index (χ1) is 9.60. The van der Waals surface area contributed by atoms with Crippen molar-refractivity contribution in [3.05, 3.63) is 40.6 Å². The van der Waals surface area contributed by atoms with E-state index in [4.69, 9.17) is 0 Å². The summed E-state index contributed by atoms with van der Waals surface area (Å²) in [5.41, 5.74) is 0.995. The zero-order valence-corrected chi connectivity index (χ0v) is 12.3. The normalized spacial score (nSPS) is 15.4. The molecular formula is C15H16FNO2S. The van der Waals surface area contributed by atoms with Gasteiger partial charge in [-0.3, -0.25) is 14.5 Å². The molecule has 20 heavy (non-hydrogen) atoms. The summed E-state index contributed by atoms with van der Waals surface area (Å²) in [5.74, 6) is -0.164. The van der Waals surface area contributed by atoms with Gasteiger partial charge in [0.05, 0.1) is 10.5 Å². The average molecular weight is 293 g/mol. The highest BCUT2D eigenvalue weighted by atomic mass is 32.2. The number of amides is 2. The van der Waals surface area contributed by atoms with Gasteiger partial charge in [0.1, 0.15) is 5.82 Å². The number of carbonyl (C=O) groups is 2. The minimum Gasteiger partial charge on any atom is -0.274 e. The molecule has 3 nitrogen and oxygen atoms in total. The Labute approximate surface area is 121 Å². The van der Waals surface area contributed by atoms with Crippen molar-refractivity contribution in [1.29, 1.82) is 0 Å². The Balaban J connectivity index is 2.46. The largest absolute Gasteiger partial charge is 0.274 e. The second kappa shape index (κ2) is 6.22. The lowest BCUT2D eigenvalue weighted by Gasteiger charge is -2.13. The molecular weight excluding hydrogens is 277 g/mol. The van der Waals surface area contributed by atoms with Gasteiger partial charge in [-0.15, -0.1) is 11.8 Å². The maximum absolute atomic E-state index is 13.0. The van der Waals surface area contributed by atoms with Crippen molar-refractivity contribution in [2.24, 2.45) is 0 Å². The summed E-state index contributed by atoms with van der Waals surface area (Å²) in [7, 11) is 0.